The number of nitrogens with zero attached hydrogens (tertiary/aromatic N) is 6. The minimum atomic E-state index is 0.363. The van der Waals surface area contributed by atoms with Crippen molar-refractivity contribution < 1.29 is 4.74 Å². The molecule has 0 amide bonds. The molecule has 0 unspecified atom stereocenters. The van der Waals surface area contributed by atoms with E-state index in [-0.39, 0.29) is 0 Å². The fraction of sp³-hybridized carbons (Fsp3) is 0.778. The molecule has 2 atom stereocenters. The predicted octanol–water partition coefficient (Wildman–Crippen LogP) is 1.68. The molecule has 2 fully saturated rings. The third-order valence-electron chi connectivity index (χ3n) is 6.02. The fourth-order valence-corrected chi connectivity index (χ4v) is 4.42. The zero-order chi connectivity index (χ0) is 17.7. The largest absolute Gasteiger partial charge is 0.372 e. The van der Waals surface area contributed by atoms with Crippen LogP contribution >= 0.6 is 0 Å². The van der Waals surface area contributed by atoms with Gasteiger partial charge < -0.3 is 9.30 Å². The number of aromatic amines is 1. The average molecular weight is 357 g/mol. The van der Waals surface area contributed by atoms with E-state index in [9.17, 15) is 0 Å². The topological polar surface area (TPSA) is 84.8 Å². The summed E-state index contributed by atoms with van der Waals surface area (Å²) < 4.78 is 7.71. The second-order valence-electron chi connectivity index (χ2n) is 8.27. The number of H-pyrrole nitrogens is 1. The summed E-state index contributed by atoms with van der Waals surface area (Å²) in [5.74, 6) is 6.37. The Morgan fingerprint density at radius 2 is 2.12 bits per heavy atom. The Morgan fingerprint density at radius 3 is 2.88 bits per heavy atom. The third-order valence-corrected chi connectivity index (χ3v) is 6.02. The van der Waals surface area contributed by atoms with Crippen molar-refractivity contribution in [1.82, 2.24) is 34.8 Å². The first kappa shape index (κ1) is 16.4. The number of rotatable bonds is 5. The SMILES string of the molecule is CC(C)c1n[nH]c([C@H]2CN(Cc3nnc4n3CCOC4)C[C@@H]2C2CC2)n1. The van der Waals surface area contributed by atoms with Gasteiger partial charge in [0.05, 0.1) is 13.2 Å². The molecule has 4 heterocycles. The van der Waals surface area contributed by atoms with Crippen LogP contribution in [0.2, 0.25) is 0 Å². The molecule has 1 N–H and O–H groups in total. The van der Waals surface area contributed by atoms with Crippen LogP contribution in [0, 0.1) is 11.8 Å². The van der Waals surface area contributed by atoms with Crippen molar-refractivity contribution in [3.05, 3.63) is 23.3 Å². The normalized spacial score (nSPS) is 26.6. The molecule has 2 aromatic heterocycles. The molecule has 2 aliphatic heterocycles. The minimum Gasteiger partial charge on any atom is -0.372 e. The summed E-state index contributed by atoms with van der Waals surface area (Å²) in [5, 5.41) is 16.4. The maximum absolute atomic E-state index is 5.48. The molecule has 5 rings (SSSR count). The fourth-order valence-electron chi connectivity index (χ4n) is 4.42. The second kappa shape index (κ2) is 6.42. The molecule has 0 spiro atoms. The molecule has 0 aromatic carbocycles. The smallest absolute Gasteiger partial charge is 0.159 e. The molecular formula is C18H27N7O. The lowest BCUT2D eigenvalue weighted by molar-refractivity contribution is 0.0798. The van der Waals surface area contributed by atoms with Gasteiger partial charge >= 0.3 is 0 Å². The van der Waals surface area contributed by atoms with Gasteiger partial charge in [-0.05, 0) is 24.7 Å². The quantitative estimate of drug-likeness (QED) is 0.876. The van der Waals surface area contributed by atoms with Crippen LogP contribution in [0.5, 0.6) is 0 Å². The molecule has 26 heavy (non-hydrogen) atoms. The zero-order valence-corrected chi connectivity index (χ0v) is 15.6. The van der Waals surface area contributed by atoms with Crippen LogP contribution < -0.4 is 0 Å². The van der Waals surface area contributed by atoms with Gasteiger partial charge in [0.1, 0.15) is 18.3 Å². The Balaban J connectivity index is 1.34. The summed E-state index contributed by atoms with van der Waals surface area (Å²) in [7, 11) is 0. The van der Waals surface area contributed by atoms with Crippen molar-refractivity contribution in [3.63, 3.8) is 0 Å². The average Bonchev–Trinajstić information content (AvgIpc) is 3.07. The van der Waals surface area contributed by atoms with Crippen LogP contribution in [0.3, 0.4) is 0 Å². The summed E-state index contributed by atoms with van der Waals surface area (Å²) in [6.45, 7) is 9.48. The first-order valence-electron chi connectivity index (χ1n) is 9.82. The second-order valence-corrected chi connectivity index (χ2v) is 8.27. The van der Waals surface area contributed by atoms with Crippen LogP contribution in [0.4, 0.5) is 0 Å². The maximum Gasteiger partial charge on any atom is 0.159 e. The Bertz CT molecular complexity index is 778. The van der Waals surface area contributed by atoms with Gasteiger partial charge in [0.25, 0.3) is 0 Å². The molecular weight excluding hydrogens is 330 g/mol. The molecule has 8 heteroatoms. The Hall–Kier alpha value is -1.80. The first-order chi connectivity index (χ1) is 12.7. The lowest BCUT2D eigenvalue weighted by Gasteiger charge is -2.19. The van der Waals surface area contributed by atoms with Gasteiger partial charge in [-0.3, -0.25) is 10.00 Å². The van der Waals surface area contributed by atoms with Gasteiger partial charge in [0.15, 0.2) is 11.6 Å². The van der Waals surface area contributed by atoms with E-state index in [0.29, 0.717) is 24.4 Å². The van der Waals surface area contributed by atoms with E-state index in [1.807, 2.05) is 0 Å². The van der Waals surface area contributed by atoms with Crippen LogP contribution in [0.25, 0.3) is 0 Å². The first-order valence-corrected chi connectivity index (χ1v) is 9.82. The highest BCUT2D eigenvalue weighted by atomic mass is 16.5. The highest BCUT2D eigenvalue weighted by Gasteiger charge is 2.44. The molecule has 3 aliphatic rings. The van der Waals surface area contributed by atoms with Gasteiger partial charge in [-0.1, -0.05) is 13.8 Å². The maximum atomic E-state index is 5.48. The standard InChI is InChI=1S/C18H27N7O/c1-11(2)17-19-18(23-22-17)14-8-24(7-13(14)12-3-4-12)9-15-20-21-16-10-26-6-5-25(15)16/h11-14H,3-10H2,1-2H3,(H,19,22,23)/t13-,14+/m1/s1. The summed E-state index contributed by atoms with van der Waals surface area (Å²) in [4.78, 5) is 7.34. The molecule has 2 aromatic rings. The monoisotopic (exact) mass is 357 g/mol. The van der Waals surface area contributed by atoms with E-state index >= 15 is 0 Å². The lowest BCUT2D eigenvalue weighted by atomic mass is 9.91. The summed E-state index contributed by atoms with van der Waals surface area (Å²) >= 11 is 0. The summed E-state index contributed by atoms with van der Waals surface area (Å²) in [6.07, 6.45) is 2.72. The molecule has 1 aliphatic carbocycles. The zero-order valence-electron chi connectivity index (χ0n) is 15.6. The van der Waals surface area contributed by atoms with E-state index in [4.69, 9.17) is 9.72 Å². The Kier molecular flexibility index (Phi) is 4.04. The van der Waals surface area contributed by atoms with E-state index in [0.717, 1.165) is 62.0 Å². The van der Waals surface area contributed by atoms with Crippen LogP contribution in [-0.2, 0) is 24.4 Å². The third kappa shape index (κ3) is 2.95. The summed E-state index contributed by atoms with van der Waals surface area (Å²) in [5.41, 5.74) is 0. The van der Waals surface area contributed by atoms with Crippen LogP contribution in [-0.4, -0.2) is 54.5 Å². The number of fused-ring (bicyclic) bond motifs is 1. The van der Waals surface area contributed by atoms with E-state index < -0.39 is 0 Å². The molecule has 0 bridgehead atoms. The van der Waals surface area contributed by atoms with Crippen LogP contribution in [0.15, 0.2) is 0 Å². The molecule has 1 saturated heterocycles. The molecule has 1 saturated carbocycles. The Labute approximate surface area is 153 Å². The Morgan fingerprint density at radius 1 is 1.23 bits per heavy atom. The van der Waals surface area contributed by atoms with E-state index in [1.165, 1.54) is 12.8 Å². The number of nitrogens with one attached hydrogen (secondary N) is 1. The van der Waals surface area contributed by atoms with Gasteiger partial charge in [-0.15, -0.1) is 10.2 Å². The summed E-state index contributed by atoms with van der Waals surface area (Å²) in [6, 6.07) is 0. The number of aromatic nitrogens is 6. The van der Waals surface area contributed by atoms with Crippen molar-refractivity contribution in [2.75, 3.05) is 19.7 Å². The van der Waals surface area contributed by atoms with E-state index in [1.54, 1.807) is 0 Å². The van der Waals surface area contributed by atoms with Gasteiger partial charge in [-0.25, -0.2) is 4.98 Å². The van der Waals surface area contributed by atoms with Crippen molar-refractivity contribution >= 4 is 0 Å². The number of ether oxygens (including phenoxy) is 1. The minimum absolute atomic E-state index is 0.363. The molecule has 140 valence electrons. The van der Waals surface area contributed by atoms with Crippen LogP contribution in [0.1, 0.15) is 61.8 Å². The molecule has 0 radical (unpaired) electrons. The van der Waals surface area contributed by atoms with Crippen molar-refractivity contribution in [2.24, 2.45) is 11.8 Å². The number of hydrogen-bond donors (Lipinski definition) is 1. The highest BCUT2D eigenvalue weighted by Crippen LogP contribution is 2.47. The van der Waals surface area contributed by atoms with Gasteiger partial charge in [0.2, 0.25) is 0 Å². The van der Waals surface area contributed by atoms with E-state index in [2.05, 4.69) is 43.7 Å². The number of hydrogen-bond acceptors (Lipinski definition) is 6. The van der Waals surface area contributed by atoms with Gasteiger partial charge in [-0.2, -0.15) is 5.10 Å². The van der Waals surface area contributed by atoms with Crippen molar-refractivity contribution in [2.45, 2.75) is 58.2 Å². The van der Waals surface area contributed by atoms with Crippen molar-refractivity contribution in [3.8, 4) is 0 Å². The highest BCUT2D eigenvalue weighted by molar-refractivity contribution is 5.10. The molecule has 8 nitrogen and oxygen atoms in total. The van der Waals surface area contributed by atoms with Crippen molar-refractivity contribution in [1.29, 1.82) is 0 Å². The van der Waals surface area contributed by atoms with Gasteiger partial charge in [0, 0.05) is 31.5 Å². The lowest BCUT2D eigenvalue weighted by Crippen LogP contribution is -2.25. The predicted molar refractivity (Wildman–Crippen MR) is 94.4 cm³/mol. The number of likely N-dealkylation sites (tertiary alicyclic amines) is 1.